The summed E-state index contributed by atoms with van der Waals surface area (Å²) in [6, 6.07) is 16.7. The summed E-state index contributed by atoms with van der Waals surface area (Å²) >= 11 is 0. The summed E-state index contributed by atoms with van der Waals surface area (Å²) in [5, 5.41) is 2.79. The van der Waals surface area contributed by atoms with Crippen LogP contribution in [0.3, 0.4) is 0 Å². The molecule has 1 aliphatic carbocycles. The number of hydrogen-bond donors (Lipinski definition) is 2. The third kappa shape index (κ3) is 5.05. The molecular weight excluding hydrogens is 430 g/mol. The largest absolute Gasteiger partial charge is 0.374 e. The zero-order chi connectivity index (χ0) is 24.3. The Morgan fingerprint density at radius 2 is 1.74 bits per heavy atom. The zero-order valence-electron chi connectivity index (χ0n) is 19.9. The molecule has 0 aromatic heterocycles. The Morgan fingerprint density at radius 3 is 2.41 bits per heavy atom. The van der Waals surface area contributed by atoms with E-state index in [1.54, 1.807) is 18.7 Å². The van der Waals surface area contributed by atoms with Gasteiger partial charge in [0.15, 0.2) is 5.78 Å². The van der Waals surface area contributed by atoms with Gasteiger partial charge in [-0.15, -0.1) is 0 Å². The number of nitrogens with zero attached hydrogens (tertiary/aromatic N) is 1. The van der Waals surface area contributed by atoms with Crippen molar-refractivity contribution in [2.75, 3.05) is 19.7 Å². The number of Topliss-reactive ketones (excluding diaryl/α,β-unsaturated/α-hetero) is 1. The molecule has 1 fully saturated rings. The van der Waals surface area contributed by atoms with Gasteiger partial charge in [-0.3, -0.25) is 14.4 Å². The van der Waals surface area contributed by atoms with Crippen molar-refractivity contribution in [1.82, 2.24) is 10.2 Å². The van der Waals surface area contributed by atoms with E-state index >= 15 is 0 Å². The highest BCUT2D eigenvalue weighted by molar-refractivity contribution is 6.02. The predicted octanol–water partition coefficient (Wildman–Crippen LogP) is 2.57. The lowest BCUT2D eigenvalue weighted by Crippen LogP contribution is -2.59. The van der Waals surface area contributed by atoms with Gasteiger partial charge in [0.2, 0.25) is 11.8 Å². The second kappa shape index (κ2) is 9.68. The lowest BCUT2D eigenvalue weighted by molar-refractivity contribution is -0.140. The van der Waals surface area contributed by atoms with E-state index < -0.39 is 17.5 Å². The number of likely N-dealkylation sites (tertiary alicyclic amines) is 1. The SMILES string of the molecule is CC(C)(N)C(=O)NC(COCc1ccccc1)C(=O)N1CCC2(CC1)CC(=O)c1ccccc12. The van der Waals surface area contributed by atoms with E-state index in [0.717, 1.165) is 29.5 Å². The van der Waals surface area contributed by atoms with Crippen molar-refractivity contribution in [3.05, 3.63) is 71.3 Å². The van der Waals surface area contributed by atoms with E-state index in [-0.39, 0.29) is 23.7 Å². The minimum Gasteiger partial charge on any atom is -0.374 e. The molecule has 1 aliphatic heterocycles. The van der Waals surface area contributed by atoms with Crippen LogP contribution < -0.4 is 11.1 Å². The molecule has 3 N–H and O–H groups in total. The fourth-order valence-electron chi connectivity index (χ4n) is 4.90. The van der Waals surface area contributed by atoms with Gasteiger partial charge in [-0.2, -0.15) is 0 Å². The molecule has 0 bridgehead atoms. The first-order chi connectivity index (χ1) is 16.2. The molecule has 2 aliphatic rings. The summed E-state index contributed by atoms with van der Waals surface area (Å²) in [5.41, 5.74) is 7.54. The van der Waals surface area contributed by atoms with Crippen LogP contribution in [0.15, 0.2) is 54.6 Å². The smallest absolute Gasteiger partial charge is 0.247 e. The fourth-order valence-corrected chi connectivity index (χ4v) is 4.90. The monoisotopic (exact) mass is 463 g/mol. The predicted molar refractivity (Wildman–Crippen MR) is 129 cm³/mol. The third-order valence-corrected chi connectivity index (χ3v) is 6.91. The van der Waals surface area contributed by atoms with Gasteiger partial charge < -0.3 is 20.7 Å². The molecule has 2 aromatic carbocycles. The first kappa shape index (κ1) is 24.1. The van der Waals surface area contributed by atoms with E-state index in [9.17, 15) is 14.4 Å². The first-order valence-electron chi connectivity index (χ1n) is 11.8. The Morgan fingerprint density at radius 1 is 1.09 bits per heavy atom. The minimum atomic E-state index is -1.11. The van der Waals surface area contributed by atoms with E-state index in [2.05, 4.69) is 5.32 Å². The number of ether oxygens (including phenoxy) is 1. The topological polar surface area (TPSA) is 102 Å². The van der Waals surface area contributed by atoms with Crippen molar-refractivity contribution >= 4 is 17.6 Å². The molecule has 34 heavy (non-hydrogen) atoms. The van der Waals surface area contributed by atoms with Gasteiger partial charge in [0.25, 0.3) is 0 Å². The Balaban J connectivity index is 1.42. The molecule has 1 heterocycles. The Hall–Kier alpha value is -3.03. The van der Waals surface area contributed by atoms with Crippen molar-refractivity contribution in [1.29, 1.82) is 0 Å². The molecule has 1 atom stereocenters. The van der Waals surface area contributed by atoms with Crippen molar-refractivity contribution in [3.8, 4) is 0 Å². The average molecular weight is 464 g/mol. The number of hydrogen-bond acceptors (Lipinski definition) is 5. The Bertz CT molecular complexity index is 1050. The van der Waals surface area contributed by atoms with Gasteiger partial charge in [0.05, 0.1) is 18.8 Å². The molecule has 0 saturated carbocycles. The van der Waals surface area contributed by atoms with Gasteiger partial charge in [-0.1, -0.05) is 54.6 Å². The number of rotatable bonds is 7. The number of carbonyl (C=O) groups excluding carboxylic acids is 3. The lowest BCUT2D eigenvalue weighted by atomic mass is 9.73. The maximum Gasteiger partial charge on any atom is 0.247 e. The normalized spacial score (nSPS) is 18.0. The van der Waals surface area contributed by atoms with Crippen molar-refractivity contribution in [3.63, 3.8) is 0 Å². The number of fused-ring (bicyclic) bond motifs is 2. The van der Waals surface area contributed by atoms with Gasteiger partial charge in [-0.25, -0.2) is 0 Å². The second-order valence-corrected chi connectivity index (χ2v) is 10.00. The molecule has 2 amide bonds. The van der Waals surface area contributed by atoms with Crippen LogP contribution >= 0.6 is 0 Å². The number of carbonyl (C=O) groups is 3. The van der Waals surface area contributed by atoms with Gasteiger partial charge >= 0.3 is 0 Å². The van der Waals surface area contributed by atoms with Gasteiger partial charge in [0.1, 0.15) is 6.04 Å². The molecule has 1 saturated heterocycles. The molecule has 2 aromatic rings. The number of nitrogens with two attached hydrogens (primary N) is 1. The highest BCUT2D eigenvalue weighted by Gasteiger charge is 2.46. The van der Waals surface area contributed by atoms with Crippen LogP contribution in [-0.2, 0) is 26.3 Å². The van der Waals surface area contributed by atoms with Crippen LogP contribution in [0.4, 0.5) is 0 Å². The number of ketones is 1. The molecule has 0 radical (unpaired) electrons. The van der Waals surface area contributed by atoms with Crippen molar-refractivity contribution in [2.24, 2.45) is 5.73 Å². The Kier molecular flexibility index (Phi) is 6.86. The van der Waals surface area contributed by atoms with Crippen molar-refractivity contribution in [2.45, 2.75) is 56.7 Å². The Labute approximate surface area is 200 Å². The second-order valence-electron chi connectivity index (χ2n) is 10.00. The van der Waals surface area contributed by atoms with Crippen LogP contribution in [0.2, 0.25) is 0 Å². The lowest BCUT2D eigenvalue weighted by Gasteiger charge is -2.41. The van der Waals surface area contributed by atoms with E-state index in [4.69, 9.17) is 10.5 Å². The quantitative estimate of drug-likeness (QED) is 0.657. The molecule has 1 unspecified atom stereocenters. The summed E-state index contributed by atoms with van der Waals surface area (Å²) in [6.45, 7) is 4.66. The number of nitrogens with one attached hydrogen (secondary N) is 1. The zero-order valence-corrected chi connectivity index (χ0v) is 19.9. The third-order valence-electron chi connectivity index (χ3n) is 6.91. The van der Waals surface area contributed by atoms with Crippen LogP contribution in [0.1, 0.15) is 54.6 Å². The van der Waals surface area contributed by atoms with Crippen LogP contribution in [-0.4, -0.2) is 53.8 Å². The van der Waals surface area contributed by atoms with Crippen LogP contribution in [0, 0.1) is 0 Å². The standard InChI is InChI=1S/C27H33N3O4/c1-26(2,28)25(33)29-22(18-34-17-19-8-4-3-5-9-19)24(32)30-14-12-27(13-15-30)16-23(31)20-10-6-7-11-21(20)27/h3-11,22H,12-18,28H2,1-2H3,(H,29,33). The van der Waals surface area contributed by atoms with Gasteiger partial charge in [0, 0.05) is 30.5 Å². The highest BCUT2D eigenvalue weighted by atomic mass is 16.5. The van der Waals surface area contributed by atoms with E-state index in [0.29, 0.717) is 26.1 Å². The number of piperidine rings is 1. The molecule has 4 rings (SSSR count). The summed E-state index contributed by atoms with van der Waals surface area (Å²) in [6.07, 6.45) is 1.93. The van der Waals surface area contributed by atoms with Crippen molar-refractivity contribution < 1.29 is 19.1 Å². The van der Waals surface area contributed by atoms with E-state index in [1.165, 1.54) is 0 Å². The molecule has 7 heteroatoms. The van der Waals surface area contributed by atoms with Crippen LogP contribution in [0.25, 0.3) is 0 Å². The number of amides is 2. The summed E-state index contributed by atoms with van der Waals surface area (Å²) in [4.78, 5) is 40.3. The molecular formula is C27H33N3O4. The molecule has 1 spiro atoms. The number of benzene rings is 2. The first-order valence-corrected chi connectivity index (χ1v) is 11.8. The van der Waals surface area contributed by atoms with Crippen LogP contribution in [0.5, 0.6) is 0 Å². The fraction of sp³-hybridized carbons (Fsp3) is 0.444. The minimum absolute atomic E-state index is 0.0541. The maximum atomic E-state index is 13.4. The maximum absolute atomic E-state index is 13.4. The highest BCUT2D eigenvalue weighted by Crippen LogP contribution is 2.46. The molecule has 180 valence electrons. The summed E-state index contributed by atoms with van der Waals surface area (Å²) in [7, 11) is 0. The van der Waals surface area contributed by atoms with E-state index in [1.807, 2.05) is 54.6 Å². The summed E-state index contributed by atoms with van der Waals surface area (Å²) in [5.74, 6) is -0.406. The van der Waals surface area contributed by atoms with Gasteiger partial charge in [-0.05, 0) is 37.8 Å². The molecule has 7 nitrogen and oxygen atoms in total. The summed E-state index contributed by atoms with van der Waals surface area (Å²) < 4.78 is 5.81. The average Bonchev–Trinajstić information content (AvgIpc) is 3.10.